The van der Waals surface area contributed by atoms with Crippen LogP contribution in [0.5, 0.6) is 0 Å². The van der Waals surface area contributed by atoms with Crippen LogP contribution in [0.3, 0.4) is 0 Å². The van der Waals surface area contributed by atoms with Crippen molar-refractivity contribution < 1.29 is 37.4 Å². The molecule has 13 rings (SSSR count). The fraction of sp³-hybridized carbons (Fsp3) is 0.536. The molecule has 1 amide bonds. The van der Waals surface area contributed by atoms with Gasteiger partial charge in [-0.2, -0.15) is 35.6 Å². The zero-order valence-electron chi connectivity index (χ0n) is 69.4. The third-order valence-corrected chi connectivity index (χ3v) is 20.8. The predicted octanol–water partition coefficient (Wildman–Crippen LogP) is 12.2. The van der Waals surface area contributed by atoms with E-state index in [2.05, 4.69) is 157 Å². The van der Waals surface area contributed by atoms with Gasteiger partial charge in [0.1, 0.15) is 48.2 Å². The fourth-order valence-corrected chi connectivity index (χ4v) is 12.3. The molecule has 7 N–H and O–H groups in total. The largest absolute Gasteiger partial charge is 0.480 e. The first kappa shape index (κ1) is 107. The molecule has 24 nitrogen and oxygen atoms in total. The van der Waals surface area contributed by atoms with Gasteiger partial charge in [-0.1, -0.05) is 135 Å². The number of sulfonamides is 1. The van der Waals surface area contributed by atoms with Crippen LogP contribution in [0.2, 0.25) is 78.6 Å². The number of aliphatic carboxylic acids is 1. The molecule has 116 heavy (non-hydrogen) atoms. The molecule has 2 aromatic carbocycles. The van der Waals surface area contributed by atoms with E-state index in [1.54, 1.807) is 73.5 Å². The van der Waals surface area contributed by atoms with Gasteiger partial charge in [-0.3, -0.25) is 42.0 Å². The molecule has 32 heteroatoms. The maximum atomic E-state index is 13.0. The number of carbonyl (C=O) groups is 2. The first-order chi connectivity index (χ1) is 51.6. The summed E-state index contributed by atoms with van der Waals surface area (Å²) in [6.45, 7) is 32.0. The number of aromatic nitrogens is 8. The summed E-state index contributed by atoms with van der Waals surface area (Å²) in [5, 5.41) is 20.5. The molecule has 6 aromatic rings. The normalized spacial score (nSPS) is 15.9. The van der Waals surface area contributed by atoms with Crippen LogP contribution >= 0.6 is 35.9 Å². The number of alkyl carbamates (subject to hydrolysis) is 1. The Kier molecular flexibility index (Phi) is 40.9. The summed E-state index contributed by atoms with van der Waals surface area (Å²) in [4.78, 5) is 89.0. The Hall–Kier alpha value is -8.65. The van der Waals surface area contributed by atoms with Gasteiger partial charge < -0.3 is 26.6 Å². The summed E-state index contributed by atoms with van der Waals surface area (Å²) >= 11 is 5.67. The number of ether oxygens (including phenoxy) is 1. The molecule has 0 atom stereocenters. The number of rotatable bonds is 9. The van der Waals surface area contributed by atoms with E-state index < -0.39 is 75.4 Å². The van der Waals surface area contributed by atoms with Gasteiger partial charge in [-0.05, 0) is 141 Å². The number of fused-ring (bicyclic) bond motifs is 2. The number of para-hydroxylation sites is 1. The number of carboxylic acids is 1. The van der Waals surface area contributed by atoms with Crippen molar-refractivity contribution in [3.05, 3.63) is 120 Å². The minimum Gasteiger partial charge on any atom is -0.480 e. The number of carbonyl (C=O) groups excluding carboxylic acids is 3. The quantitative estimate of drug-likeness (QED) is 0.0510. The highest BCUT2D eigenvalue weighted by molar-refractivity contribution is 7.89. The van der Waals surface area contributed by atoms with Crippen LogP contribution in [0.25, 0.3) is 21.8 Å². The third kappa shape index (κ3) is 39.1. The molecular weight excluding hydrogens is 1620 g/mol. The fourth-order valence-electron chi connectivity index (χ4n) is 8.98. The number of nitrogens with two attached hydrogens (primary N) is 2. The van der Waals surface area contributed by atoms with E-state index in [1.807, 2.05) is 26.8 Å². The molecular formula is C84H123Cl3N12O12SSi4. The van der Waals surface area contributed by atoms with E-state index in [9.17, 15) is 37.2 Å². The first-order valence-electron chi connectivity index (χ1n) is 37.0. The maximum absolute atomic E-state index is 13.0. The Morgan fingerprint density at radius 2 is 1.01 bits per heavy atom. The molecule has 634 valence electrons. The number of hydrogen-bond donors (Lipinski definition) is 5. The lowest BCUT2D eigenvalue weighted by atomic mass is 10.1. The second-order valence-corrected chi connectivity index (χ2v) is 57.6. The number of amides is 1. The minimum atomic E-state index is -3.91. The van der Waals surface area contributed by atoms with Crippen molar-refractivity contribution in [2.24, 2.45) is 56.9 Å². The van der Waals surface area contributed by atoms with Crippen LogP contribution < -0.4 is 44.0 Å². The number of hydrogen-bond acceptors (Lipinski definition) is 15. The average Bonchev–Trinajstić information content (AvgIpc) is 1.75. The SMILES string of the molecule is C.C.C#CC1(N)CC1.C#CC1(N)CC1.C#CC1(NS(=O)(=O)c2ccc3c(c2)c(=O)n(Cc2cnn(C)c2)c(=O)n3C)CC1.C#CC1CC1.CC(C)(C)OC(=O)NC1(C#C[Si](C)(C)C)CC1.C[Si](C)(C)C#CC1(C(=O)O)CC1.C[Si](C)(C)C#CC1CC1.C[Si](C)(C)Cl.Cl.Cl.Cn1cc(Cn2c(=O)c3ccccc3n(C)c2=O)cn1.O=C=O. The van der Waals surface area contributed by atoms with Crippen LogP contribution in [0.1, 0.15) is 137 Å². The Labute approximate surface area is 708 Å². The van der Waals surface area contributed by atoms with Crippen molar-refractivity contribution in [1.82, 2.24) is 47.9 Å². The van der Waals surface area contributed by atoms with Crippen LogP contribution in [0.15, 0.2) is 91.3 Å². The van der Waals surface area contributed by atoms with Gasteiger partial charge in [0.05, 0.1) is 68.8 Å². The van der Waals surface area contributed by atoms with Gasteiger partial charge in [-0.25, -0.2) is 22.8 Å². The van der Waals surface area contributed by atoms with Crippen LogP contribution in [-0.2, 0) is 70.4 Å². The summed E-state index contributed by atoms with van der Waals surface area (Å²) in [6, 6.07) is 11.2. The van der Waals surface area contributed by atoms with Crippen molar-refractivity contribution in [1.29, 1.82) is 0 Å². The smallest absolute Gasteiger partial charge is 0.408 e. The average molecular weight is 1740 g/mol. The zero-order chi connectivity index (χ0) is 85.0. The second-order valence-electron chi connectivity index (χ2n) is 34.1. The number of nitrogens with one attached hydrogen (secondary N) is 2. The standard InChI is InChI=1S/C19H19N5O4S.C14H14N4O2.C13H23NO2Si.C9H14O2Si.C8H14Si.2C5H7N.C5H6.C3H9ClSi.CO2.2CH4.2ClH/c1-4-19(7-8-19)21-29(27,28)14-5-6-16-15(9-14)17(25)24(18(26)23(16)3)12-13-10-20-22(2)11-13;1-16-8-10(7-15-16)9-18-13(19)11-5-3-4-6-12(11)17(2)14(18)20;1-12(2,3)16-11(15)14-13(7-8-13)9-10-17(4,5)6;1-12(2,3)7-6-9(4-5-9)8(10)11;1-9(2,3)7-6-8-4-5-8;2*1-2-5(6)3-4-5;1-2-5-3-4-5;1-5(2,3)4;2-1-3;;;;/h1,5-6,9-11,21H,7-8,12H2,2-3H3;3-8H,9H2,1-2H3;7-8H2,1-6H3,(H,14,15);4-5H2,1-3H3,(H,10,11);8H,4-5H2,1-3H3;2*1H,3-4,6H2;1,5H,3-4H2;1-3H3;;2*1H4;2*1H. The summed E-state index contributed by atoms with van der Waals surface area (Å²) in [5.41, 5.74) is 18.8. The molecule has 0 radical (unpaired) electrons. The van der Waals surface area contributed by atoms with Gasteiger partial charge in [0.25, 0.3) is 11.1 Å². The molecule has 7 aliphatic carbocycles. The Morgan fingerprint density at radius 3 is 1.32 bits per heavy atom. The number of carboxylic acid groups (broad SMARTS) is 1. The summed E-state index contributed by atoms with van der Waals surface area (Å²) in [7, 11) is -2.13. The number of terminal acetylenes is 4. The van der Waals surface area contributed by atoms with Crippen LogP contribution in [0.4, 0.5) is 4.79 Å². The lowest BCUT2D eigenvalue weighted by Gasteiger charge is -2.21. The molecule has 4 aromatic heterocycles. The van der Waals surface area contributed by atoms with Gasteiger partial charge in [0.2, 0.25) is 10.0 Å². The minimum absolute atomic E-state index is 0. The van der Waals surface area contributed by atoms with Crippen molar-refractivity contribution in [2.45, 2.75) is 250 Å². The maximum Gasteiger partial charge on any atom is 0.408 e. The van der Waals surface area contributed by atoms with E-state index in [0.717, 1.165) is 67.4 Å². The molecule has 7 aliphatic rings. The molecule has 0 aliphatic heterocycles. The van der Waals surface area contributed by atoms with Gasteiger partial charge >= 0.3 is 29.6 Å². The summed E-state index contributed by atoms with van der Waals surface area (Å²) < 4.78 is 41.6. The molecule has 7 saturated carbocycles. The summed E-state index contributed by atoms with van der Waals surface area (Å²) in [6.07, 6.45) is 40.8. The first-order valence-corrected chi connectivity index (χ1v) is 53.5. The number of aryl methyl sites for hydroxylation is 4. The molecule has 0 bridgehead atoms. The highest BCUT2D eigenvalue weighted by Crippen LogP contribution is 2.45. The monoisotopic (exact) mass is 1740 g/mol. The second kappa shape index (κ2) is 44.2. The molecule has 0 unspecified atom stereocenters. The lowest BCUT2D eigenvalue weighted by Crippen LogP contribution is -2.40. The van der Waals surface area contributed by atoms with Crippen molar-refractivity contribution >= 4 is 118 Å². The molecule has 7 fully saturated rings. The van der Waals surface area contributed by atoms with E-state index in [4.69, 9.17) is 67.7 Å². The summed E-state index contributed by atoms with van der Waals surface area (Å²) in [5.74, 6) is 20.3. The van der Waals surface area contributed by atoms with E-state index in [0.29, 0.717) is 40.7 Å². The van der Waals surface area contributed by atoms with E-state index in [1.165, 1.54) is 64.6 Å². The Morgan fingerprint density at radius 1 is 0.612 bits per heavy atom. The topological polar surface area (TPSA) is 332 Å². The predicted molar refractivity (Wildman–Crippen MR) is 483 cm³/mol. The molecule has 0 saturated heterocycles. The van der Waals surface area contributed by atoms with E-state index in [-0.39, 0.29) is 103 Å². The highest BCUT2D eigenvalue weighted by Gasteiger charge is 2.49. The van der Waals surface area contributed by atoms with Crippen LogP contribution in [-0.4, -0.2) is 129 Å². The third-order valence-electron chi connectivity index (χ3n) is 16.6. The van der Waals surface area contributed by atoms with Gasteiger partial charge in [-0.15, -0.1) is 79.0 Å². The highest BCUT2D eigenvalue weighted by atomic mass is 35.6. The Balaban J connectivity index is 0.00000135. The molecule has 0 spiro atoms. The number of halogens is 3. The van der Waals surface area contributed by atoms with Crippen molar-refractivity contribution in [3.63, 3.8) is 0 Å². The zero-order valence-corrected chi connectivity index (χ0v) is 76.6. The van der Waals surface area contributed by atoms with Crippen molar-refractivity contribution in [2.75, 3.05) is 0 Å². The van der Waals surface area contributed by atoms with Crippen LogP contribution in [0, 0.1) is 101 Å². The Bertz CT molecular complexity index is 5130. The van der Waals surface area contributed by atoms with Gasteiger partial charge in [0, 0.05) is 63.5 Å². The van der Waals surface area contributed by atoms with Crippen molar-refractivity contribution in [3.8, 4) is 83.8 Å². The van der Waals surface area contributed by atoms with Gasteiger partial charge in [0.15, 0.2) is 0 Å². The molecule has 4 heterocycles. The van der Waals surface area contributed by atoms with E-state index >= 15 is 0 Å². The number of benzene rings is 2. The number of nitrogens with zero attached hydrogens (tertiary/aromatic N) is 8. The lowest BCUT2D eigenvalue weighted by molar-refractivity contribution is -0.191.